The van der Waals surface area contributed by atoms with Gasteiger partial charge in [0.15, 0.2) is 6.10 Å². The molecule has 1 unspecified atom stereocenters. The number of nitrogens with zero attached hydrogens (tertiary/aromatic N) is 2. The lowest BCUT2D eigenvalue weighted by Gasteiger charge is -2.24. The highest BCUT2D eigenvalue weighted by Gasteiger charge is 2.24. The van der Waals surface area contributed by atoms with Crippen molar-refractivity contribution in [2.75, 3.05) is 11.6 Å². The number of benzene rings is 1. The van der Waals surface area contributed by atoms with Crippen LogP contribution in [0.25, 0.3) is 0 Å². The van der Waals surface area contributed by atoms with Gasteiger partial charge in [0.25, 0.3) is 0 Å². The van der Waals surface area contributed by atoms with Crippen molar-refractivity contribution in [3.63, 3.8) is 0 Å². The van der Waals surface area contributed by atoms with E-state index in [0.717, 1.165) is 5.69 Å². The highest BCUT2D eigenvalue weighted by Crippen LogP contribution is 2.16. The first kappa shape index (κ1) is 14.4. The summed E-state index contributed by atoms with van der Waals surface area (Å²) in [4.78, 5) is 17.2. The average Bonchev–Trinajstić information content (AvgIpc) is 2.94. The molecule has 0 amide bonds. The Hall–Kier alpha value is -2.05. The predicted molar refractivity (Wildman–Crippen MR) is 74.8 cm³/mol. The van der Waals surface area contributed by atoms with Crippen LogP contribution in [0.5, 0.6) is 0 Å². The molecule has 20 heavy (non-hydrogen) atoms. The third kappa shape index (κ3) is 3.49. The molecule has 1 aromatic rings. The molecule has 0 saturated heterocycles. The molecular weight excluding hydrogens is 258 g/mol. The number of para-hydroxylation sites is 1. The fourth-order valence-electron chi connectivity index (χ4n) is 1.75. The quantitative estimate of drug-likeness (QED) is 0.802. The Kier molecular flexibility index (Phi) is 4.97. The van der Waals surface area contributed by atoms with Gasteiger partial charge in [-0.25, -0.2) is 9.63 Å². The summed E-state index contributed by atoms with van der Waals surface area (Å²) >= 11 is 0. The number of hydrazine groups is 2. The second-order valence-corrected chi connectivity index (χ2v) is 4.18. The highest BCUT2D eigenvalue weighted by atomic mass is 16.7. The van der Waals surface area contributed by atoms with Crippen LogP contribution in [-0.4, -0.2) is 23.9 Å². The zero-order chi connectivity index (χ0) is 14.4. The van der Waals surface area contributed by atoms with E-state index < -0.39 is 6.10 Å². The van der Waals surface area contributed by atoms with Gasteiger partial charge in [-0.15, -0.1) is 5.53 Å². The van der Waals surface area contributed by atoms with E-state index in [1.165, 1.54) is 5.17 Å². The van der Waals surface area contributed by atoms with E-state index in [-0.39, 0.29) is 5.97 Å². The van der Waals surface area contributed by atoms with Crippen molar-refractivity contribution in [1.82, 2.24) is 10.7 Å². The van der Waals surface area contributed by atoms with Crippen LogP contribution >= 0.6 is 0 Å². The number of esters is 1. The lowest BCUT2D eigenvalue weighted by Crippen LogP contribution is -2.43. The Bertz CT molecular complexity index is 464. The lowest BCUT2D eigenvalue weighted by atomic mass is 10.3. The molecule has 1 aliphatic heterocycles. The average molecular weight is 277 g/mol. The molecule has 1 N–H and O–H groups in total. The first-order chi connectivity index (χ1) is 9.74. The van der Waals surface area contributed by atoms with Crippen LogP contribution in [0.2, 0.25) is 0 Å². The Morgan fingerprint density at radius 2 is 2.00 bits per heavy atom. The molecule has 1 heterocycles. The minimum Gasteiger partial charge on any atom is -0.464 e. The van der Waals surface area contributed by atoms with E-state index in [2.05, 4.69) is 5.53 Å². The van der Waals surface area contributed by atoms with Crippen molar-refractivity contribution in [1.29, 1.82) is 0 Å². The second-order valence-electron chi connectivity index (χ2n) is 4.18. The molecule has 0 fully saturated rings. The van der Waals surface area contributed by atoms with Crippen molar-refractivity contribution < 1.29 is 14.4 Å². The predicted octanol–water partition coefficient (Wildman–Crippen LogP) is 1.97. The number of nitrogens with one attached hydrogen (secondary N) is 1. The maximum atomic E-state index is 11.7. The third-order valence-electron chi connectivity index (χ3n) is 2.75. The summed E-state index contributed by atoms with van der Waals surface area (Å²) in [5, 5.41) is 3.19. The Morgan fingerprint density at radius 3 is 2.65 bits per heavy atom. The molecule has 0 bridgehead atoms. The number of anilines is 1. The molecule has 0 radical (unpaired) electrons. The molecule has 2 rings (SSSR count). The van der Waals surface area contributed by atoms with Gasteiger partial charge >= 0.3 is 5.97 Å². The van der Waals surface area contributed by atoms with E-state index in [1.54, 1.807) is 18.1 Å². The third-order valence-corrected chi connectivity index (χ3v) is 2.75. The zero-order valence-corrected chi connectivity index (χ0v) is 11.7. The fraction of sp³-hybridized carbons (Fsp3) is 0.357. The van der Waals surface area contributed by atoms with Gasteiger partial charge in [-0.3, -0.25) is 5.01 Å². The molecule has 0 spiro atoms. The largest absolute Gasteiger partial charge is 0.464 e. The molecular formula is C14H19N3O3. The normalized spacial score (nSPS) is 15.5. The van der Waals surface area contributed by atoms with E-state index in [4.69, 9.17) is 9.57 Å². The summed E-state index contributed by atoms with van der Waals surface area (Å²) in [5.41, 5.74) is 3.97. The van der Waals surface area contributed by atoms with Gasteiger partial charge < -0.3 is 4.74 Å². The Balaban J connectivity index is 1.90. The van der Waals surface area contributed by atoms with Crippen LogP contribution in [0, 0.1) is 0 Å². The highest BCUT2D eigenvalue weighted by molar-refractivity contribution is 5.74. The van der Waals surface area contributed by atoms with Gasteiger partial charge in [0.05, 0.1) is 18.5 Å². The summed E-state index contributed by atoms with van der Waals surface area (Å²) in [5.74, 6) is -0.358. The molecule has 6 heteroatoms. The van der Waals surface area contributed by atoms with Crippen LogP contribution in [0.1, 0.15) is 20.3 Å². The number of hydroxylamine groups is 1. The first-order valence-electron chi connectivity index (χ1n) is 6.66. The molecule has 1 atom stereocenters. The van der Waals surface area contributed by atoms with E-state index >= 15 is 0 Å². The number of carbonyl (C=O) groups is 1. The molecule has 6 nitrogen and oxygen atoms in total. The summed E-state index contributed by atoms with van der Waals surface area (Å²) in [6.45, 7) is 3.99. The maximum Gasteiger partial charge on any atom is 0.338 e. The van der Waals surface area contributed by atoms with E-state index in [9.17, 15) is 4.79 Å². The van der Waals surface area contributed by atoms with Crippen LogP contribution < -0.4 is 10.5 Å². The summed E-state index contributed by atoms with van der Waals surface area (Å²) in [7, 11) is 0. The maximum absolute atomic E-state index is 11.7. The number of ether oxygens (including phenoxy) is 1. The van der Waals surface area contributed by atoms with E-state index in [1.807, 2.05) is 43.5 Å². The standard InChI is InChI=1S/C14H19N3O3/c1-3-13(14(18)19-4-2)20-17-11-10-16(15-17)12-8-6-5-7-9-12/h5-11,13,15H,3-4H2,1-2H3. The van der Waals surface area contributed by atoms with Gasteiger partial charge in [0, 0.05) is 6.20 Å². The molecule has 1 aromatic carbocycles. The van der Waals surface area contributed by atoms with Gasteiger partial charge in [0.1, 0.15) is 0 Å². The minimum absolute atomic E-state index is 0.345. The monoisotopic (exact) mass is 277 g/mol. The van der Waals surface area contributed by atoms with Crippen LogP contribution in [-0.2, 0) is 14.4 Å². The fourth-order valence-corrected chi connectivity index (χ4v) is 1.75. The number of rotatable bonds is 6. The topological polar surface area (TPSA) is 54.0 Å². The van der Waals surface area contributed by atoms with Crippen molar-refractivity contribution in [2.45, 2.75) is 26.4 Å². The SMILES string of the molecule is CCOC(=O)C(CC)ON1C=CN(c2ccccc2)N1. The summed E-state index contributed by atoms with van der Waals surface area (Å²) < 4.78 is 4.96. The number of carbonyl (C=O) groups excluding carboxylic acids is 1. The van der Waals surface area contributed by atoms with Crippen molar-refractivity contribution in [3.05, 3.63) is 42.7 Å². The molecule has 0 saturated carbocycles. The van der Waals surface area contributed by atoms with E-state index in [0.29, 0.717) is 13.0 Å². The van der Waals surface area contributed by atoms with Gasteiger partial charge in [-0.1, -0.05) is 25.1 Å². The minimum atomic E-state index is -0.622. The van der Waals surface area contributed by atoms with Crippen LogP contribution in [0.4, 0.5) is 5.69 Å². The first-order valence-corrected chi connectivity index (χ1v) is 6.66. The molecule has 0 aliphatic carbocycles. The zero-order valence-electron chi connectivity index (χ0n) is 11.7. The molecule has 0 aromatic heterocycles. The molecule has 108 valence electrons. The summed E-state index contributed by atoms with van der Waals surface area (Å²) in [6, 6.07) is 9.77. The number of hydrogen-bond acceptors (Lipinski definition) is 6. The van der Waals surface area contributed by atoms with Crippen molar-refractivity contribution >= 4 is 11.7 Å². The van der Waals surface area contributed by atoms with Gasteiger partial charge in [-0.2, -0.15) is 5.17 Å². The smallest absolute Gasteiger partial charge is 0.338 e. The Labute approximate surface area is 118 Å². The number of hydrogen-bond donors (Lipinski definition) is 1. The van der Waals surface area contributed by atoms with Crippen molar-refractivity contribution in [3.8, 4) is 0 Å². The lowest BCUT2D eigenvalue weighted by molar-refractivity contribution is -0.209. The van der Waals surface area contributed by atoms with Crippen LogP contribution in [0.15, 0.2) is 42.7 Å². The second kappa shape index (κ2) is 6.93. The molecule has 1 aliphatic rings. The van der Waals surface area contributed by atoms with Gasteiger partial charge in [-0.05, 0) is 25.5 Å². The summed E-state index contributed by atoms with van der Waals surface area (Å²) in [6.07, 6.45) is 3.43. The Morgan fingerprint density at radius 1 is 1.25 bits per heavy atom. The van der Waals surface area contributed by atoms with Gasteiger partial charge in [0.2, 0.25) is 0 Å². The van der Waals surface area contributed by atoms with Crippen molar-refractivity contribution in [2.24, 2.45) is 0 Å². The van der Waals surface area contributed by atoms with Crippen LogP contribution in [0.3, 0.4) is 0 Å².